The molecule has 0 saturated heterocycles. The third-order valence-corrected chi connectivity index (χ3v) is 27.1. The second-order valence-electron chi connectivity index (χ2n) is 30.6. The highest BCUT2D eigenvalue weighted by molar-refractivity contribution is 7.91. The van der Waals surface area contributed by atoms with Gasteiger partial charge in [-0.05, 0) is 206 Å². The number of halogens is 6. The van der Waals surface area contributed by atoms with Crippen LogP contribution >= 0.6 is 69.6 Å². The Hall–Kier alpha value is -7.64. The van der Waals surface area contributed by atoms with Gasteiger partial charge in [0.05, 0.1) is 132 Å². The van der Waals surface area contributed by atoms with Gasteiger partial charge in [-0.2, -0.15) is 4.99 Å². The zero-order valence-corrected chi connectivity index (χ0v) is 81.1. The van der Waals surface area contributed by atoms with E-state index in [1.807, 2.05) is 94.7 Å². The number of sulfone groups is 1. The zero-order chi connectivity index (χ0) is 94.6. The molecule has 38 heteroatoms. The second kappa shape index (κ2) is 57.9. The van der Waals surface area contributed by atoms with Gasteiger partial charge in [0.2, 0.25) is 26.1 Å². The van der Waals surface area contributed by atoms with Gasteiger partial charge in [0, 0.05) is 145 Å². The summed E-state index contributed by atoms with van der Waals surface area (Å²) in [5.41, 5.74) is 16.8. The molecule has 2 amide bonds. The summed E-state index contributed by atoms with van der Waals surface area (Å²) in [5, 5.41) is 17.3. The molecule has 0 spiro atoms. The van der Waals surface area contributed by atoms with Crippen molar-refractivity contribution in [3.8, 4) is 12.0 Å². The number of benzene rings is 8. The lowest BCUT2D eigenvalue weighted by Crippen LogP contribution is -2.31. The number of likely N-dealkylation sites (N-methyl/N-ethyl adjacent to an activating group) is 3. The molecule has 0 aliphatic carbocycles. The van der Waals surface area contributed by atoms with E-state index in [9.17, 15) is 39.6 Å². The SMILES string of the molecule is CCCC(=O)Cc1ccc(NC(=O)NCCOCCOCCOCCNS(=O)(=O)c2ccc([C@@H]3CN(C)Cc4c(Cl)cc(Cl)cc43)cc2)cc1.CCOCCOCCOCCCS(=O)(=O)c1ccc([C@@H]2CN(C)Cc3c(Cl)cc(Cl)cc32)cc1.CN1Cc2c(Cl)cc(Cl)cc2[C@H](c2ccc(S(=O)(=O)NCCOCCOCCOCCN)cc2)C1.N#COc1ccc(N=C=O)cc1. The first-order chi connectivity index (χ1) is 63.0. The Morgan fingerprint density at radius 3 is 1.23 bits per heavy atom. The predicted octanol–water partition coefficient (Wildman–Crippen LogP) is 14.8. The van der Waals surface area contributed by atoms with Crippen LogP contribution in [0.25, 0.3) is 0 Å². The zero-order valence-electron chi connectivity index (χ0n) is 74.1. The molecule has 3 atom stereocenters. The molecule has 0 bridgehead atoms. The molecule has 11 rings (SSSR count). The Kier molecular flexibility index (Phi) is 48.1. The third kappa shape index (κ3) is 37.5. The number of carbonyl (C=O) groups is 2. The minimum atomic E-state index is -3.70. The van der Waals surface area contributed by atoms with E-state index in [0.717, 1.165) is 101 Å². The van der Waals surface area contributed by atoms with Crippen molar-refractivity contribution in [2.45, 2.75) is 91.6 Å². The molecule has 8 aromatic carbocycles. The van der Waals surface area contributed by atoms with Crippen LogP contribution in [-0.2, 0) is 108 Å². The Balaban J connectivity index is 0.000000232. The maximum Gasteiger partial charge on any atom is 0.319 e. The van der Waals surface area contributed by atoms with Crippen molar-refractivity contribution in [2.75, 3.05) is 197 Å². The Morgan fingerprint density at radius 1 is 0.473 bits per heavy atom. The third-order valence-electron chi connectivity index (χ3n) is 20.6. The summed E-state index contributed by atoms with van der Waals surface area (Å²) in [6.07, 6.45) is 5.17. The first-order valence-electron chi connectivity index (χ1n) is 42.9. The summed E-state index contributed by atoms with van der Waals surface area (Å²) >= 11 is 38.2. The maximum absolute atomic E-state index is 12.8. The number of carbonyl (C=O) groups excluding carboxylic acids is 3. The van der Waals surface area contributed by atoms with Gasteiger partial charge in [-0.15, -0.1) is 5.26 Å². The molecule has 3 heterocycles. The molecule has 29 nitrogen and oxygen atoms in total. The van der Waals surface area contributed by atoms with E-state index < -0.39 is 29.9 Å². The van der Waals surface area contributed by atoms with Crippen molar-refractivity contribution in [3.63, 3.8) is 0 Å². The minimum Gasteiger partial charge on any atom is -0.388 e. The highest BCUT2D eigenvalue weighted by Gasteiger charge is 2.32. The number of hydrogen-bond donors (Lipinski definition) is 5. The van der Waals surface area contributed by atoms with E-state index in [2.05, 4.69) is 51.6 Å². The largest absolute Gasteiger partial charge is 0.388 e. The van der Waals surface area contributed by atoms with Crippen molar-refractivity contribution in [1.82, 2.24) is 29.5 Å². The number of fused-ring (bicyclic) bond motifs is 3. The van der Waals surface area contributed by atoms with E-state index in [1.54, 1.807) is 91.0 Å². The molecule has 0 unspecified atom stereocenters. The number of nitrogens with two attached hydrogens (primary N) is 1. The number of anilines is 1. The summed E-state index contributed by atoms with van der Waals surface area (Å²) in [7, 11) is -4.61. The molecule has 0 aromatic heterocycles. The smallest absolute Gasteiger partial charge is 0.319 e. The van der Waals surface area contributed by atoms with Crippen molar-refractivity contribution in [2.24, 2.45) is 10.7 Å². The van der Waals surface area contributed by atoms with Crippen LogP contribution in [-0.4, -0.2) is 249 Å². The molecule has 0 saturated carbocycles. The quantitative estimate of drug-likeness (QED) is 0.0102. The fourth-order valence-electron chi connectivity index (χ4n) is 14.3. The Bertz CT molecular complexity index is 5330. The molecule has 0 radical (unpaired) electrons. The molecule has 3 aliphatic rings. The minimum absolute atomic E-state index is 0.0213. The number of Topliss-reactive ketones (excluding diaryl/α,β-unsaturated/α-hetero) is 1. The van der Waals surface area contributed by atoms with Crippen molar-refractivity contribution in [3.05, 3.63) is 243 Å². The first-order valence-corrected chi connectivity index (χ1v) is 49.7. The van der Waals surface area contributed by atoms with Crippen molar-refractivity contribution < 1.29 is 87.0 Å². The number of isocyanates is 1. The van der Waals surface area contributed by atoms with Gasteiger partial charge >= 0.3 is 6.03 Å². The van der Waals surface area contributed by atoms with E-state index in [1.165, 1.54) is 12.3 Å². The average Bonchev–Trinajstić information content (AvgIpc) is 0.782. The number of urea groups is 1. The number of ketones is 1. The van der Waals surface area contributed by atoms with Gasteiger partial charge in [-0.25, -0.2) is 44.3 Å². The molecule has 8 aromatic rings. The van der Waals surface area contributed by atoms with Crippen LogP contribution in [0.2, 0.25) is 30.1 Å². The number of sulfonamides is 2. The van der Waals surface area contributed by atoms with Crippen LogP contribution < -0.4 is 30.5 Å². The molecule has 712 valence electrons. The molecular weight excluding hydrogens is 1870 g/mol. The average molecular weight is 1990 g/mol. The van der Waals surface area contributed by atoms with Crippen LogP contribution in [0.4, 0.5) is 16.2 Å². The van der Waals surface area contributed by atoms with Gasteiger partial charge in [0.1, 0.15) is 11.5 Å². The number of amides is 2. The lowest BCUT2D eigenvalue weighted by atomic mass is 9.85. The van der Waals surface area contributed by atoms with Crippen LogP contribution in [0.5, 0.6) is 5.75 Å². The van der Waals surface area contributed by atoms with Crippen LogP contribution in [0, 0.1) is 11.5 Å². The summed E-state index contributed by atoms with van der Waals surface area (Å²) in [4.78, 5) is 44.3. The van der Waals surface area contributed by atoms with Crippen LogP contribution in [0.1, 0.15) is 106 Å². The standard InChI is InChI=1S/C36H46Cl2N4O7S.C25H33Cl2NO5S.C24H33Cl2N3O5S.C8H4N2O2/c1-3-4-30(43)21-26-5-9-29(10-6-26)41-36(44)39-13-15-47-17-19-49-20-18-48-16-14-40-50(45,46)31-11-7-27(8-12-31)33-24-42(2)25-34-32(33)22-28(37)23-35(34)38;1-3-31-10-11-33-13-12-32-9-4-14-34(29,30)21-7-5-19(6-8-21)23-17-28(2)18-24-22(23)15-20(26)16-25(24)27;1-29-16-22(21-14-19(25)15-24(26)23(21)17-29)18-2-4-20(5-3-18)35(30,31)28-7-9-33-11-13-34-12-10-32-8-6-27;9-5-12-8-3-1-7(2-4-8)10-6-11/h5-12,22-23,33,40H,3-4,13-21,24-25H2,1-2H3,(H2,39,41,44);5-8,15-16,23H,3-4,9-14,17-18H2,1-2H3;2-5,14-15,22,28H,6-13,16-17,27H2,1H3;1-4H/t33-;23-;22-;/m000./s1. The number of nitrogens with zero attached hydrogens (tertiary/aromatic N) is 5. The van der Waals surface area contributed by atoms with E-state index >= 15 is 0 Å². The summed E-state index contributed by atoms with van der Waals surface area (Å²) in [6, 6.07) is 45.2. The fourth-order valence-corrected chi connectivity index (χ4v) is 19.4. The van der Waals surface area contributed by atoms with Crippen molar-refractivity contribution >= 4 is 129 Å². The van der Waals surface area contributed by atoms with E-state index in [4.69, 9.17) is 123 Å². The van der Waals surface area contributed by atoms with Crippen molar-refractivity contribution in [1.29, 1.82) is 5.26 Å². The number of nitriles is 1. The lowest BCUT2D eigenvalue weighted by Gasteiger charge is -2.33. The number of hydrogen-bond acceptors (Lipinski definition) is 25. The summed E-state index contributed by atoms with van der Waals surface area (Å²) in [6.45, 7) is 17.0. The number of nitrogens with one attached hydrogen (secondary N) is 4. The fraction of sp³-hybridized carbons (Fsp3) is 0.441. The molecule has 6 N–H and O–H groups in total. The Morgan fingerprint density at radius 2 is 0.847 bits per heavy atom. The second-order valence-corrected chi connectivity index (χ2v) is 38.8. The van der Waals surface area contributed by atoms with Gasteiger partial charge in [0.25, 0.3) is 6.26 Å². The highest BCUT2D eigenvalue weighted by Crippen LogP contribution is 2.42. The lowest BCUT2D eigenvalue weighted by molar-refractivity contribution is -0.118. The topological polar surface area (TPSA) is 366 Å². The first kappa shape index (κ1) is 109. The van der Waals surface area contributed by atoms with Gasteiger partial charge in [0.15, 0.2) is 9.84 Å². The van der Waals surface area contributed by atoms with Gasteiger partial charge in [-0.1, -0.05) is 125 Å². The normalized spacial score (nSPS) is 15.0. The summed E-state index contributed by atoms with van der Waals surface area (Å²) in [5.74, 6) is 0.808. The molecule has 0 fully saturated rings. The van der Waals surface area contributed by atoms with E-state index in [-0.39, 0.29) is 71.4 Å². The van der Waals surface area contributed by atoms with E-state index in [0.29, 0.717) is 190 Å². The Labute approximate surface area is 799 Å². The number of ether oxygens (including phenoxy) is 10. The van der Waals surface area contributed by atoms with Gasteiger partial charge < -0.3 is 78.4 Å². The van der Waals surface area contributed by atoms with Crippen LogP contribution in [0.3, 0.4) is 0 Å². The summed E-state index contributed by atoms with van der Waals surface area (Å²) < 4.78 is 135. The number of aliphatic imine (C=N–C) groups is 1. The van der Waals surface area contributed by atoms with Gasteiger partial charge in [-0.3, -0.25) is 4.79 Å². The maximum atomic E-state index is 12.8. The number of rotatable bonds is 49. The molecular formula is C93H116Cl6N10O19S3. The highest BCUT2D eigenvalue weighted by atomic mass is 35.5. The monoisotopic (exact) mass is 1980 g/mol. The molecule has 3 aliphatic heterocycles. The predicted molar refractivity (Wildman–Crippen MR) is 510 cm³/mol. The van der Waals surface area contributed by atoms with Crippen LogP contribution in [0.15, 0.2) is 177 Å². The molecule has 131 heavy (non-hydrogen) atoms.